The van der Waals surface area contributed by atoms with Crippen LogP contribution in [-0.2, 0) is 9.53 Å². The number of benzene rings is 1. The lowest BCUT2D eigenvalue weighted by atomic mass is 10.2. The van der Waals surface area contributed by atoms with E-state index in [4.69, 9.17) is 16.3 Å². The lowest BCUT2D eigenvalue weighted by molar-refractivity contribution is -0.128. The summed E-state index contributed by atoms with van der Waals surface area (Å²) >= 11 is 7.12. The Morgan fingerprint density at radius 3 is 2.80 bits per heavy atom. The van der Waals surface area contributed by atoms with Crippen molar-refractivity contribution < 1.29 is 18.7 Å². The van der Waals surface area contributed by atoms with Gasteiger partial charge in [0.1, 0.15) is 10.7 Å². The number of thiophene rings is 1. The first-order valence-electron chi connectivity index (χ1n) is 5.74. The van der Waals surface area contributed by atoms with Gasteiger partial charge in [0, 0.05) is 17.1 Å². The van der Waals surface area contributed by atoms with Gasteiger partial charge in [-0.3, -0.25) is 4.79 Å². The molecule has 0 fully saturated rings. The molecule has 1 aromatic heterocycles. The normalized spacial score (nSPS) is 12.2. The van der Waals surface area contributed by atoms with Crippen LogP contribution in [-0.4, -0.2) is 25.0 Å². The fraction of sp³-hybridized carbons (Fsp3) is 0.231. The molecular weight excluding hydrogens is 305 g/mol. The number of rotatable bonds is 3. The molecule has 20 heavy (non-hydrogen) atoms. The Hall–Kier alpha value is -1.66. The molecule has 0 unspecified atom stereocenters. The fourth-order valence-electron chi connectivity index (χ4n) is 1.64. The van der Waals surface area contributed by atoms with Crippen LogP contribution in [0.5, 0.6) is 0 Å². The number of hydrogen-bond donors (Lipinski definition) is 1. The Labute approximate surface area is 123 Å². The molecule has 2 aromatic rings. The van der Waals surface area contributed by atoms with Crippen LogP contribution in [0.3, 0.4) is 0 Å². The summed E-state index contributed by atoms with van der Waals surface area (Å²) in [5.41, 5.74) is 0. The third kappa shape index (κ3) is 2.76. The van der Waals surface area contributed by atoms with E-state index in [-0.39, 0.29) is 9.90 Å². The van der Waals surface area contributed by atoms with Crippen molar-refractivity contribution >= 4 is 44.9 Å². The number of carbonyl (C=O) groups excluding carboxylic acids is 2. The van der Waals surface area contributed by atoms with Crippen LogP contribution in [0, 0.1) is 5.82 Å². The molecule has 0 aliphatic heterocycles. The van der Waals surface area contributed by atoms with Gasteiger partial charge in [0.25, 0.3) is 5.91 Å². The minimum absolute atomic E-state index is 0.156. The van der Waals surface area contributed by atoms with Crippen LogP contribution < -0.4 is 5.32 Å². The maximum absolute atomic E-state index is 13.1. The molecule has 1 aromatic carbocycles. The van der Waals surface area contributed by atoms with Gasteiger partial charge < -0.3 is 10.1 Å². The number of fused-ring (bicyclic) bond motifs is 1. The summed E-state index contributed by atoms with van der Waals surface area (Å²) in [6, 6.07) is 4.07. The molecule has 0 spiro atoms. The predicted molar refractivity (Wildman–Crippen MR) is 75.7 cm³/mol. The van der Waals surface area contributed by atoms with E-state index in [1.165, 1.54) is 32.2 Å². The number of hydrogen-bond acceptors (Lipinski definition) is 4. The molecule has 1 atom stereocenters. The van der Waals surface area contributed by atoms with Crippen molar-refractivity contribution in [2.75, 3.05) is 7.05 Å². The second kappa shape index (κ2) is 5.76. The zero-order valence-corrected chi connectivity index (χ0v) is 12.3. The van der Waals surface area contributed by atoms with E-state index in [0.717, 1.165) is 11.3 Å². The summed E-state index contributed by atoms with van der Waals surface area (Å²) < 4.78 is 18.7. The largest absolute Gasteiger partial charge is 0.448 e. The van der Waals surface area contributed by atoms with Crippen LogP contribution in [0.15, 0.2) is 18.2 Å². The van der Waals surface area contributed by atoms with Crippen molar-refractivity contribution in [3.8, 4) is 0 Å². The smallest absolute Gasteiger partial charge is 0.350 e. The molecule has 0 bridgehead atoms. The number of esters is 1. The number of nitrogens with one attached hydrogen (secondary N) is 1. The lowest BCUT2D eigenvalue weighted by Gasteiger charge is -2.10. The summed E-state index contributed by atoms with van der Waals surface area (Å²) in [7, 11) is 1.45. The molecule has 0 saturated heterocycles. The Kier molecular flexibility index (Phi) is 4.25. The molecule has 0 radical (unpaired) electrons. The highest BCUT2D eigenvalue weighted by molar-refractivity contribution is 7.21. The van der Waals surface area contributed by atoms with E-state index in [0.29, 0.717) is 10.1 Å². The zero-order valence-electron chi connectivity index (χ0n) is 10.7. The SMILES string of the molecule is CNC(=O)[C@@H](C)OC(=O)c1sc2cc(F)ccc2c1Cl. The third-order valence-corrected chi connectivity index (χ3v) is 4.31. The maximum Gasteiger partial charge on any atom is 0.350 e. The Bertz CT molecular complexity index is 686. The molecule has 1 N–H and O–H groups in total. The van der Waals surface area contributed by atoms with Crippen molar-refractivity contribution in [1.82, 2.24) is 5.32 Å². The number of carbonyl (C=O) groups is 2. The molecule has 2 rings (SSSR count). The van der Waals surface area contributed by atoms with Gasteiger partial charge in [0.15, 0.2) is 6.10 Å². The van der Waals surface area contributed by atoms with Gasteiger partial charge in [-0.15, -0.1) is 11.3 Å². The number of halogens is 2. The van der Waals surface area contributed by atoms with Crippen LogP contribution >= 0.6 is 22.9 Å². The second-order valence-electron chi connectivity index (χ2n) is 4.05. The van der Waals surface area contributed by atoms with Gasteiger partial charge >= 0.3 is 5.97 Å². The summed E-state index contributed by atoms with van der Waals surface area (Å²) in [6.07, 6.45) is -0.925. The van der Waals surface area contributed by atoms with Crippen LogP contribution in [0.4, 0.5) is 4.39 Å². The summed E-state index contributed by atoms with van der Waals surface area (Å²) in [6.45, 7) is 1.46. The molecule has 0 aliphatic carbocycles. The summed E-state index contributed by atoms with van der Waals surface area (Å²) in [4.78, 5) is 23.4. The van der Waals surface area contributed by atoms with E-state index in [2.05, 4.69) is 5.32 Å². The molecule has 1 heterocycles. The van der Waals surface area contributed by atoms with Crippen molar-refractivity contribution in [3.05, 3.63) is 33.9 Å². The summed E-state index contributed by atoms with van der Waals surface area (Å²) in [5.74, 6) is -1.52. The van der Waals surface area contributed by atoms with E-state index in [1.54, 1.807) is 0 Å². The van der Waals surface area contributed by atoms with Gasteiger partial charge in [-0.05, 0) is 25.1 Å². The average Bonchev–Trinajstić information content (AvgIpc) is 2.74. The first kappa shape index (κ1) is 14.7. The van der Waals surface area contributed by atoms with Crippen molar-refractivity contribution in [3.63, 3.8) is 0 Å². The molecule has 1 amide bonds. The third-order valence-electron chi connectivity index (χ3n) is 2.68. The molecule has 7 heteroatoms. The quantitative estimate of drug-likeness (QED) is 0.886. The Morgan fingerprint density at radius 2 is 2.15 bits per heavy atom. The van der Waals surface area contributed by atoms with E-state index >= 15 is 0 Å². The van der Waals surface area contributed by atoms with Gasteiger partial charge in [0.2, 0.25) is 0 Å². The predicted octanol–water partition coefficient (Wildman–Crippen LogP) is 2.99. The minimum atomic E-state index is -0.925. The highest BCUT2D eigenvalue weighted by atomic mass is 35.5. The van der Waals surface area contributed by atoms with E-state index in [9.17, 15) is 14.0 Å². The van der Waals surface area contributed by atoms with Crippen LogP contribution in [0.2, 0.25) is 5.02 Å². The number of likely N-dealkylation sites (N-methyl/N-ethyl adjacent to an activating group) is 1. The van der Waals surface area contributed by atoms with Gasteiger partial charge in [-0.2, -0.15) is 0 Å². The topological polar surface area (TPSA) is 55.4 Å². The average molecular weight is 316 g/mol. The monoisotopic (exact) mass is 315 g/mol. The molecule has 4 nitrogen and oxygen atoms in total. The van der Waals surface area contributed by atoms with Crippen LogP contribution in [0.1, 0.15) is 16.6 Å². The first-order valence-corrected chi connectivity index (χ1v) is 6.93. The Balaban J connectivity index is 2.31. The molecule has 0 aliphatic rings. The number of amides is 1. The standard InChI is InChI=1S/C13H11ClFNO3S/c1-6(12(17)16-2)19-13(18)11-10(14)8-4-3-7(15)5-9(8)20-11/h3-6H,1-2H3,(H,16,17)/t6-/m1/s1. The van der Waals surface area contributed by atoms with Gasteiger partial charge in [0.05, 0.1) is 5.02 Å². The van der Waals surface area contributed by atoms with Gasteiger partial charge in [-0.1, -0.05) is 11.6 Å². The maximum atomic E-state index is 13.1. The van der Waals surface area contributed by atoms with Gasteiger partial charge in [-0.25, -0.2) is 9.18 Å². The summed E-state index contributed by atoms with van der Waals surface area (Å²) in [5, 5.41) is 3.16. The van der Waals surface area contributed by atoms with E-state index < -0.39 is 23.8 Å². The molecule has 0 saturated carbocycles. The second-order valence-corrected chi connectivity index (χ2v) is 5.48. The van der Waals surface area contributed by atoms with Crippen molar-refractivity contribution in [1.29, 1.82) is 0 Å². The molecule has 106 valence electrons. The van der Waals surface area contributed by atoms with Crippen molar-refractivity contribution in [2.24, 2.45) is 0 Å². The first-order chi connectivity index (χ1) is 9.43. The molecular formula is C13H11ClFNO3S. The van der Waals surface area contributed by atoms with E-state index in [1.807, 2.05) is 0 Å². The lowest BCUT2D eigenvalue weighted by Crippen LogP contribution is -2.33. The zero-order chi connectivity index (χ0) is 14.9. The minimum Gasteiger partial charge on any atom is -0.448 e. The highest BCUT2D eigenvalue weighted by Gasteiger charge is 2.23. The van der Waals surface area contributed by atoms with Crippen LogP contribution in [0.25, 0.3) is 10.1 Å². The number of ether oxygens (including phenoxy) is 1. The van der Waals surface area contributed by atoms with Crippen molar-refractivity contribution in [2.45, 2.75) is 13.0 Å². The fourth-order valence-corrected chi connectivity index (χ4v) is 3.06. The highest BCUT2D eigenvalue weighted by Crippen LogP contribution is 2.36. The Morgan fingerprint density at radius 1 is 1.45 bits per heavy atom.